The molecule has 0 saturated heterocycles. The second-order valence-electron chi connectivity index (χ2n) is 7.01. The Bertz CT molecular complexity index is 550. The van der Waals surface area contributed by atoms with Gasteiger partial charge < -0.3 is 20.3 Å². The van der Waals surface area contributed by atoms with Crippen molar-refractivity contribution in [3.63, 3.8) is 0 Å². The summed E-state index contributed by atoms with van der Waals surface area (Å²) >= 11 is 0. The van der Waals surface area contributed by atoms with Crippen LogP contribution in [0, 0.1) is 0 Å². The average Bonchev–Trinajstić information content (AvgIpc) is 2.53. The molecule has 0 fully saturated rings. The van der Waals surface area contributed by atoms with Gasteiger partial charge in [-0.05, 0) is 57.9 Å². The van der Waals surface area contributed by atoms with Gasteiger partial charge in [-0.2, -0.15) is 0 Å². The molecule has 0 aromatic heterocycles. The zero-order chi connectivity index (χ0) is 18.9. The van der Waals surface area contributed by atoms with E-state index in [-0.39, 0.29) is 5.91 Å². The van der Waals surface area contributed by atoms with Crippen LogP contribution in [0.5, 0.6) is 0 Å². The lowest BCUT2D eigenvalue weighted by atomic mass is 10.2. The van der Waals surface area contributed by atoms with Crippen LogP contribution in [-0.4, -0.2) is 44.3 Å². The number of amides is 2. The summed E-state index contributed by atoms with van der Waals surface area (Å²) in [5, 5.41) is 5.52. The zero-order valence-electron chi connectivity index (χ0n) is 16.0. The Morgan fingerprint density at radius 1 is 1.08 bits per heavy atom. The second kappa shape index (κ2) is 9.91. The van der Waals surface area contributed by atoms with Crippen LogP contribution in [0.25, 0.3) is 0 Å². The topological polar surface area (TPSA) is 70.7 Å². The number of nitrogens with zero attached hydrogens (tertiary/aromatic N) is 1. The molecule has 1 aromatic carbocycles. The van der Waals surface area contributed by atoms with Gasteiger partial charge in [0.1, 0.15) is 5.60 Å². The quantitative estimate of drug-likeness (QED) is 0.707. The minimum Gasteiger partial charge on any atom is -0.444 e. The fourth-order valence-corrected chi connectivity index (χ4v) is 2.23. The van der Waals surface area contributed by atoms with Gasteiger partial charge in [0.15, 0.2) is 0 Å². The molecule has 0 unspecified atom stereocenters. The van der Waals surface area contributed by atoms with E-state index in [1.807, 2.05) is 52.1 Å². The molecule has 0 atom stereocenters. The minimum absolute atomic E-state index is 0.109. The highest BCUT2D eigenvalue weighted by molar-refractivity contribution is 5.94. The van der Waals surface area contributed by atoms with E-state index >= 15 is 0 Å². The minimum atomic E-state index is -0.504. The molecular formula is C19H31N3O3. The third-order valence-corrected chi connectivity index (χ3v) is 3.44. The van der Waals surface area contributed by atoms with Crippen LogP contribution < -0.4 is 15.5 Å². The molecule has 140 valence electrons. The van der Waals surface area contributed by atoms with Gasteiger partial charge in [-0.25, -0.2) is 4.79 Å². The Morgan fingerprint density at radius 3 is 2.24 bits per heavy atom. The molecule has 0 aliphatic heterocycles. The Labute approximate surface area is 150 Å². The van der Waals surface area contributed by atoms with Gasteiger partial charge in [-0.15, -0.1) is 0 Å². The van der Waals surface area contributed by atoms with Crippen molar-refractivity contribution in [1.29, 1.82) is 0 Å². The van der Waals surface area contributed by atoms with Gasteiger partial charge >= 0.3 is 6.09 Å². The molecule has 0 aliphatic rings. The second-order valence-corrected chi connectivity index (χ2v) is 7.01. The van der Waals surface area contributed by atoms with E-state index in [0.29, 0.717) is 25.1 Å². The van der Waals surface area contributed by atoms with E-state index in [1.165, 1.54) is 0 Å². The Kier molecular flexibility index (Phi) is 8.25. The van der Waals surface area contributed by atoms with Crippen molar-refractivity contribution in [3.05, 3.63) is 29.8 Å². The van der Waals surface area contributed by atoms with Gasteiger partial charge in [0.2, 0.25) is 0 Å². The molecule has 0 saturated carbocycles. The summed E-state index contributed by atoms with van der Waals surface area (Å²) < 4.78 is 5.14. The molecule has 6 heteroatoms. The molecule has 6 nitrogen and oxygen atoms in total. The van der Waals surface area contributed by atoms with Gasteiger partial charge in [-0.3, -0.25) is 4.79 Å². The molecular weight excluding hydrogens is 318 g/mol. The highest BCUT2D eigenvalue weighted by Crippen LogP contribution is 2.14. The summed E-state index contributed by atoms with van der Waals surface area (Å²) in [6, 6.07) is 7.56. The number of ether oxygens (including phenoxy) is 1. The number of hydrogen-bond donors (Lipinski definition) is 2. The van der Waals surface area contributed by atoms with Crippen LogP contribution in [0.3, 0.4) is 0 Å². The normalized spacial score (nSPS) is 10.9. The van der Waals surface area contributed by atoms with Crippen molar-refractivity contribution < 1.29 is 14.3 Å². The molecule has 2 amide bonds. The van der Waals surface area contributed by atoms with Gasteiger partial charge in [-0.1, -0.05) is 6.92 Å². The molecule has 1 rings (SSSR count). The van der Waals surface area contributed by atoms with Crippen LogP contribution in [0.2, 0.25) is 0 Å². The summed E-state index contributed by atoms with van der Waals surface area (Å²) in [7, 11) is 2.04. The van der Waals surface area contributed by atoms with Crippen LogP contribution in [0.4, 0.5) is 10.5 Å². The first-order valence-corrected chi connectivity index (χ1v) is 8.79. The van der Waals surface area contributed by atoms with Crippen LogP contribution >= 0.6 is 0 Å². The fourth-order valence-electron chi connectivity index (χ4n) is 2.23. The van der Waals surface area contributed by atoms with Gasteiger partial charge in [0.25, 0.3) is 5.91 Å². The number of nitrogens with one attached hydrogen (secondary N) is 2. The van der Waals surface area contributed by atoms with Crippen molar-refractivity contribution in [2.24, 2.45) is 0 Å². The van der Waals surface area contributed by atoms with Crippen LogP contribution in [-0.2, 0) is 4.74 Å². The highest BCUT2D eigenvalue weighted by Gasteiger charge is 2.15. The van der Waals surface area contributed by atoms with E-state index in [1.54, 1.807) is 0 Å². The summed E-state index contributed by atoms with van der Waals surface area (Å²) in [5.41, 5.74) is 1.23. The molecule has 0 bridgehead atoms. The lowest BCUT2D eigenvalue weighted by Crippen LogP contribution is -2.34. The van der Waals surface area contributed by atoms with Crippen molar-refractivity contribution in [2.75, 3.05) is 31.6 Å². The number of benzene rings is 1. The lowest BCUT2D eigenvalue weighted by molar-refractivity contribution is 0.0527. The van der Waals surface area contributed by atoms with E-state index in [9.17, 15) is 9.59 Å². The van der Waals surface area contributed by atoms with E-state index in [4.69, 9.17) is 4.74 Å². The first-order chi connectivity index (χ1) is 11.7. The van der Waals surface area contributed by atoms with Gasteiger partial charge in [0, 0.05) is 37.9 Å². The highest BCUT2D eigenvalue weighted by atomic mass is 16.6. The lowest BCUT2D eigenvalue weighted by Gasteiger charge is -2.19. The number of rotatable bonds is 8. The molecule has 25 heavy (non-hydrogen) atoms. The Morgan fingerprint density at radius 2 is 1.68 bits per heavy atom. The Hall–Kier alpha value is -2.24. The maximum absolute atomic E-state index is 12.1. The van der Waals surface area contributed by atoms with Gasteiger partial charge in [0.05, 0.1) is 0 Å². The fraction of sp³-hybridized carbons (Fsp3) is 0.579. The van der Waals surface area contributed by atoms with Crippen molar-refractivity contribution in [3.8, 4) is 0 Å². The Balaban J connectivity index is 2.29. The van der Waals surface area contributed by atoms with Crippen molar-refractivity contribution in [1.82, 2.24) is 10.6 Å². The largest absolute Gasteiger partial charge is 0.444 e. The molecule has 0 spiro atoms. The van der Waals surface area contributed by atoms with Crippen LogP contribution in [0.15, 0.2) is 24.3 Å². The first-order valence-electron chi connectivity index (χ1n) is 8.79. The zero-order valence-corrected chi connectivity index (χ0v) is 16.0. The number of carbonyl (C=O) groups excluding carboxylic acids is 2. The third-order valence-electron chi connectivity index (χ3n) is 3.44. The molecule has 2 N–H and O–H groups in total. The smallest absolute Gasteiger partial charge is 0.407 e. The molecule has 1 aromatic rings. The third kappa shape index (κ3) is 8.42. The maximum Gasteiger partial charge on any atom is 0.407 e. The summed E-state index contributed by atoms with van der Waals surface area (Å²) in [4.78, 5) is 25.7. The predicted molar refractivity (Wildman–Crippen MR) is 101 cm³/mol. The summed E-state index contributed by atoms with van der Waals surface area (Å²) in [6.07, 6.45) is 1.28. The monoisotopic (exact) mass is 349 g/mol. The number of anilines is 1. The predicted octanol–water partition coefficient (Wildman–Crippen LogP) is 3.18. The van der Waals surface area contributed by atoms with Crippen molar-refractivity contribution in [2.45, 2.75) is 46.1 Å². The molecule has 0 heterocycles. The van der Waals surface area contributed by atoms with Crippen LogP contribution in [0.1, 0.15) is 50.9 Å². The van der Waals surface area contributed by atoms with E-state index in [2.05, 4.69) is 22.5 Å². The molecule has 0 radical (unpaired) electrons. The first kappa shape index (κ1) is 20.8. The number of carbonyl (C=O) groups is 2. The SMILES string of the molecule is CCCN(C)c1ccc(C(=O)NCCCNC(=O)OC(C)(C)C)cc1. The standard InChI is InChI=1S/C19H31N3O3/c1-6-14-22(5)16-10-8-15(9-11-16)17(23)20-12-7-13-21-18(24)25-19(2,3)4/h8-11H,6-7,12-14H2,1-5H3,(H,20,23)(H,21,24). The maximum atomic E-state index is 12.1. The summed E-state index contributed by atoms with van der Waals surface area (Å²) in [6.45, 7) is 9.52. The van der Waals surface area contributed by atoms with E-state index in [0.717, 1.165) is 18.7 Å². The number of alkyl carbamates (subject to hydrolysis) is 1. The van der Waals surface area contributed by atoms with E-state index < -0.39 is 11.7 Å². The number of hydrogen-bond acceptors (Lipinski definition) is 4. The summed E-state index contributed by atoms with van der Waals surface area (Å²) in [5.74, 6) is -0.109. The molecule has 0 aliphatic carbocycles. The van der Waals surface area contributed by atoms with Crippen molar-refractivity contribution >= 4 is 17.7 Å². The average molecular weight is 349 g/mol.